The first-order valence-corrected chi connectivity index (χ1v) is 8.28. The van der Waals surface area contributed by atoms with Crippen LogP contribution >= 0.6 is 0 Å². The van der Waals surface area contributed by atoms with E-state index in [2.05, 4.69) is 0 Å². The molecular weight excluding hydrogens is 276 g/mol. The Kier molecular flexibility index (Phi) is 3.97. The minimum atomic E-state index is -1.22. The lowest BCUT2D eigenvalue weighted by molar-refractivity contribution is 0.0154. The van der Waals surface area contributed by atoms with Crippen molar-refractivity contribution in [1.82, 2.24) is 4.90 Å². The number of carboxylic acid groups (broad SMARTS) is 1. The molecule has 1 amide bonds. The molecule has 0 radical (unpaired) electrons. The molecule has 2 N–H and O–H groups in total. The van der Waals surface area contributed by atoms with Crippen LogP contribution in [0.5, 0.6) is 0 Å². The first kappa shape index (κ1) is 15.5. The Balaban J connectivity index is 1.88. The summed E-state index contributed by atoms with van der Waals surface area (Å²) in [4.78, 5) is 12.4. The summed E-state index contributed by atoms with van der Waals surface area (Å²) in [5.41, 5.74) is 0.199. The van der Waals surface area contributed by atoms with E-state index in [4.69, 9.17) is 10.5 Å². The zero-order valence-electron chi connectivity index (χ0n) is 12.4. The summed E-state index contributed by atoms with van der Waals surface area (Å²) >= 11 is 0. The normalized spacial score (nSPS) is 24.2. The highest BCUT2D eigenvalue weighted by molar-refractivity contribution is 8.01. The Hall–Kier alpha value is -0.910. The highest BCUT2D eigenvalue weighted by Gasteiger charge is 2.49. The zero-order chi connectivity index (χ0) is 15.1. The summed E-state index contributed by atoms with van der Waals surface area (Å²) in [5.74, 6) is 0.131. The van der Waals surface area contributed by atoms with Crippen molar-refractivity contribution in [2.24, 2.45) is 11.3 Å². The van der Waals surface area contributed by atoms with Gasteiger partial charge in [-0.2, -0.15) is 0 Å². The largest absolute Gasteiger partial charge is 0.465 e. The summed E-state index contributed by atoms with van der Waals surface area (Å²) in [6.45, 7) is 6.89. The van der Waals surface area contributed by atoms with Crippen LogP contribution in [-0.4, -0.2) is 43.2 Å². The summed E-state index contributed by atoms with van der Waals surface area (Å²) in [7, 11) is -1.22. The lowest BCUT2D eigenvalue weighted by atomic mass is 9.58. The molecule has 1 saturated carbocycles. The second-order valence-corrected chi connectivity index (χ2v) is 9.32. The van der Waals surface area contributed by atoms with E-state index in [1.54, 1.807) is 0 Å². The van der Waals surface area contributed by atoms with Gasteiger partial charge in [-0.15, -0.1) is 0 Å². The number of hydrogen-bond donors (Lipinski definition) is 2. The van der Waals surface area contributed by atoms with Crippen molar-refractivity contribution in [2.45, 2.75) is 51.2 Å². The second-order valence-electron chi connectivity index (χ2n) is 7.12. The molecule has 2 aliphatic rings. The molecule has 114 valence electrons. The van der Waals surface area contributed by atoms with E-state index < -0.39 is 16.9 Å². The third-order valence-corrected chi connectivity index (χ3v) is 6.43. The Labute approximate surface area is 122 Å². The van der Waals surface area contributed by atoms with Crippen molar-refractivity contribution in [1.29, 1.82) is 5.41 Å². The highest BCUT2D eigenvalue weighted by Crippen LogP contribution is 2.53. The Morgan fingerprint density at radius 2 is 1.80 bits per heavy atom. The van der Waals surface area contributed by atoms with Crippen LogP contribution in [0.4, 0.5) is 4.79 Å². The van der Waals surface area contributed by atoms with Crippen LogP contribution in [0.3, 0.4) is 0 Å². The maximum Gasteiger partial charge on any atom is 0.407 e. The first-order chi connectivity index (χ1) is 9.15. The SMILES string of the molecule is CC(C)(C)[S@@](=O)C(=N)C1CC2(CCN(C(=O)O)CC2)C1. The molecule has 0 aromatic carbocycles. The number of amides is 1. The van der Waals surface area contributed by atoms with Crippen molar-refractivity contribution >= 4 is 21.9 Å². The van der Waals surface area contributed by atoms with Gasteiger partial charge in [0.05, 0.1) is 15.8 Å². The predicted molar refractivity (Wildman–Crippen MR) is 79.6 cm³/mol. The number of hydrogen-bond acceptors (Lipinski definition) is 3. The van der Waals surface area contributed by atoms with Crippen LogP contribution in [0.2, 0.25) is 0 Å². The molecule has 1 saturated heterocycles. The molecule has 0 bridgehead atoms. The summed E-state index contributed by atoms with van der Waals surface area (Å²) in [6, 6.07) is 0. The number of nitrogens with zero attached hydrogens (tertiary/aromatic N) is 1. The van der Waals surface area contributed by atoms with Crippen LogP contribution in [0.25, 0.3) is 0 Å². The maximum atomic E-state index is 12.2. The lowest BCUT2D eigenvalue weighted by Crippen LogP contribution is -2.51. The van der Waals surface area contributed by atoms with Gasteiger partial charge in [-0.05, 0) is 51.9 Å². The quantitative estimate of drug-likeness (QED) is 0.577. The molecule has 0 aromatic rings. The van der Waals surface area contributed by atoms with Gasteiger partial charge in [0.1, 0.15) is 0 Å². The van der Waals surface area contributed by atoms with Gasteiger partial charge >= 0.3 is 6.09 Å². The van der Waals surface area contributed by atoms with Gasteiger partial charge in [0.25, 0.3) is 0 Å². The second kappa shape index (κ2) is 5.13. The van der Waals surface area contributed by atoms with E-state index in [9.17, 15) is 9.00 Å². The van der Waals surface area contributed by atoms with Gasteiger partial charge in [0, 0.05) is 23.8 Å². The Bertz CT molecular complexity index is 440. The van der Waals surface area contributed by atoms with Crippen molar-refractivity contribution in [3.8, 4) is 0 Å². The monoisotopic (exact) mass is 300 g/mol. The van der Waals surface area contributed by atoms with Crippen LogP contribution in [-0.2, 0) is 10.8 Å². The van der Waals surface area contributed by atoms with Gasteiger partial charge in [-0.25, -0.2) is 4.79 Å². The molecule has 20 heavy (non-hydrogen) atoms. The van der Waals surface area contributed by atoms with Gasteiger partial charge in [0.2, 0.25) is 0 Å². The molecule has 0 unspecified atom stereocenters. The molecule has 1 heterocycles. The van der Waals surface area contributed by atoms with Crippen molar-refractivity contribution < 1.29 is 14.1 Å². The molecule has 2 fully saturated rings. The van der Waals surface area contributed by atoms with Crippen LogP contribution < -0.4 is 0 Å². The van der Waals surface area contributed by atoms with Crippen molar-refractivity contribution in [2.75, 3.05) is 13.1 Å². The predicted octanol–water partition coefficient (Wildman–Crippen LogP) is 2.68. The van der Waals surface area contributed by atoms with Gasteiger partial charge in [-0.1, -0.05) is 0 Å². The average molecular weight is 300 g/mol. The molecule has 6 heteroatoms. The molecule has 0 aromatic heterocycles. The van der Waals surface area contributed by atoms with E-state index >= 15 is 0 Å². The topological polar surface area (TPSA) is 81.5 Å². The van der Waals surface area contributed by atoms with Gasteiger partial charge in [-0.3, -0.25) is 9.62 Å². The van der Waals surface area contributed by atoms with Gasteiger partial charge in [0.15, 0.2) is 0 Å². The van der Waals surface area contributed by atoms with Crippen LogP contribution in [0.15, 0.2) is 0 Å². The Morgan fingerprint density at radius 3 is 2.20 bits per heavy atom. The van der Waals surface area contributed by atoms with Crippen LogP contribution in [0.1, 0.15) is 46.5 Å². The number of carbonyl (C=O) groups is 1. The molecule has 1 aliphatic carbocycles. The molecule has 2 rings (SSSR count). The van der Waals surface area contributed by atoms with Crippen molar-refractivity contribution in [3.63, 3.8) is 0 Å². The maximum absolute atomic E-state index is 12.2. The number of piperidine rings is 1. The summed E-state index contributed by atoms with van der Waals surface area (Å²) in [6.07, 6.45) is 2.73. The molecule has 1 atom stereocenters. The first-order valence-electron chi connectivity index (χ1n) is 7.13. The minimum Gasteiger partial charge on any atom is -0.465 e. The smallest absolute Gasteiger partial charge is 0.407 e. The minimum absolute atomic E-state index is 0.131. The third kappa shape index (κ3) is 2.90. The summed E-state index contributed by atoms with van der Waals surface area (Å²) in [5, 5.41) is 17.4. The van der Waals surface area contributed by atoms with E-state index in [-0.39, 0.29) is 16.1 Å². The fourth-order valence-electron chi connectivity index (χ4n) is 3.23. The number of nitrogens with one attached hydrogen (secondary N) is 1. The van der Waals surface area contributed by atoms with E-state index in [1.165, 1.54) is 4.90 Å². The average Bonchev–Trinajstić information content (AvgIpc) is 2.33. The standard InChI is InChI=1S/C14H24N2O3S/c1-13(2,3)20(19)11(15)10-8-14(9-10)4-6-16(7-5-14)12(17)18/h10,15H,4-9H2,1-3H3,(H,17,18)/t20-/m0/s1. The number of rotatable bonds is 1. The van der Waals surface area contributed by atoms with Crippen LogP contribution in [0, 0.1) is 16.7 Å². The molecule has 5 nitrogen and oxygen atoms in total. The zero-order valence-corrected chi connectivity index (χ0v) is 13.3. The lowest BCUT2D eigenvalue weighted by Gasteiger charge is -2.52. The Morgan fingerprint density at radius 1 is 1.30 bits per heavy atom. The fourth-order valence-corrected chi connectivity index (χ4v) is 4.36. The molecular formula is C14H24N2O3S. The fraction of sp³-hybridized carbons (Fsp3) is 0.857. The van der Waals surface area contributed by atoms with Gasteiger partial charge < -0.3 is 10.0 Å². The number of likely N-dealkylation sites (tertiary alicyclic amines) is 1. The highest BCUT2D eigenvalue weighted by atomic mass is 32.2. The van der Waals surface area contributed by atoms with E-state index in [1.807, 2.05) is 20.8 Å². The third-order valence-electron chi connectivity index (χ3n) is 4.58. The van der Waals surface area contributed by atoms with E-state index in [0.717, 1.165) is 25.7 Å². The van der Waals surface area contributed by atoms with Crippen molar-refractivity contribution in [3.05, 3.63) is 0 Å². The molecule has 1 aliphatic heterocycles. The molecule has 1 spiro atoms. The van der Waals surface area contributed by atoms with E-state index in [0.29, 0.717) is 18.1 Å². The summed E-state index contributed by atoms with van der Waals surface area (Å²) < 4.78 is 11.8.